The van der Waals surface area contributed by atoms with Gasteiger partial charge in [0.15, 0.2) is 0 Å². The van der Waals surface area contributed by atoms with Crippen LogP contribution in [0.2, 0.25) is 0 Å². The summed E-state index contributed by atoms with van der Waals surface area (Å²) >= 11 is 3.02. The lowest BCUT2D eigenvalue weighted by Gasteiger charge is -2.33. The molecule has 2 nitrogen and oxygen atoms in total. The third-order valence-electron chi connectivity index (χ3n) is 3.22. The van der Waals surface area contributed by atoms with Crippen molar-refractivity contribution < 1.29 is 13.5 Å². The Balaban J connectivity index is 3.29. The lowest BCUT2D eigenvalue weighted by atomic mass is 9.88. The molecule has 2 N–H and O–H groups in total. The summed E-state index contributed by atoms with van der Waals surface area (Å²) in [4.78, 5) is 0. The van der Waals surface area contributed by atoms with Crippen LogP contribution in [0.1, 0.15) is 31.9 Å². The highest BCUT2D eigenvalue weighted by atomic mass is 79.9. The van der Waals surface area contributed by atoms with E-state index in [0.29, 0.717) is 6.42 Å². The van der Waals surface area contributed by atoms with E-state index in [0.717, 1.165) is 0 Å². The molecule has 0 aliphatic heterocycles. The fourth-order valence-corrected chi connectivity index (χ4v) is 1.97. The maximum Gasteiger partial charge on any atom is 0.145 e. The van der Waals surface area contributed by atoms with E-state index in [4.69, 9.17) is 10.5 Å². The standard InChI is InChI=1S/C12H16BrF2NO/c1-4-12(2,17-3)11(16)9-8(14)6-5-7(13)10(9)15/h5-6,11H,4,16H2,1-3H3. The fraction of sp³-hybridized carbons (Fsp3) is 0.500. The Morgan fingerprint density at radius 1 is 1.47 bits per heavy atom. The van der Waals surface area contributed by atoms with Crippen molar-refractivity contribution in [1.82, 2.24) is 0 Å². The highest BCUT2D eigenvalue weighted by Gasteiger charge is 2.35. The van der Waals surface area contributed by atoms with Gasteiger partial charge in [-0.3, -0.25) is 0 Å². The average molecular weight is 308 g/mol. The van der Waals surface area contributed by atoms with Gasteiger partial charge >= 0.3 is 0 Å². The quantitative estimate of drug-likeness (QED) is 0.864. The first kappa shape index (κ1) is 14.5. The van der Waals surface area contributed by atoms with Crippen molar-refractivity contribution in [3.8, 4) is 0 Å². The van der Waals surface area contributed by atoms with Gasteiger partial charge in [-0.25, -0.2) is 8.78 Å². The zero-order valence-electron chi connectivity index (χ0n) is 10.1. The maximum atomic E-state index is 13.9. The summed E-state index contributed by atoms with van der Waals surface area (Å²) in [5.74, 6) is -1.33. The third kappa shape index (κ3) is 2.67. The minimum Gasteiger partial charge on any atom is -0.377 e. The topological polar surface area (TPSA) is 35.2 Å². The molecule has 1 aromatic rings. The summed E-state index contributed by atoms with van der Waals surface area (Å²) in [5, 5.41) is 0. The molecule has 0 saturated heterocycles. The molecule has 0 radical (unpaired) electrons. The summed E-state index contributed by atoms with van der Waals surface area (Å²) in [6, 6.07) is 1.64. The second-order valence-corrected chi connectivity index (χ2v) is 4.96. The van der Waals surface area contributed by atoms with Gasteiger partial charge < -0.3 is 10.5 Å². The van der Waals surface area contributed by atoms with Gasteiger partial charge in [-0.05, 0) is 41.4 Å². The van der Waals surface area contributed by atoms with Gasteiger partial charge in [0.1, 0.15) is 11.6 Å². The van der Waals surface area contributed by atoms with Gasteiger partial charge in [0.2, 0.25) is 0 Å². The van der Waals surface area contributed by atoms with Crippen LogP contribution in [0, 0.1) is 11.6 Å². The van der Waals surface area contributed by atoms with E-state index in [-0.39, 0.29) is 10.0 Å². The number of hydrogen-bond donors (Lipinski definition) is 1. The van der Waals surface area contributed by atoms with E-state index in [2.05, 4.69) is 15.9 Å². The van der Waals surface area contributed by atoms with E-state index in [1.165, 1.54) is 19.2 Å². The molecule has 0 saturated carbocycles. The van der Waals surface area contributed by atoms with Crippen LogP contribution in [0.25, 0.3) is 0 Å². The number of halogens is 3. The van der Waals surface area contributed by atoms with Crippen LogP contribution in [-0.2, 0) is 4.74 Å². The summed E-state index contributed by atoms with van der Waals surface area (Å²) < 4.78 is 33.1. The minimum atomic E-state index is -0.866. The number of rotatable bonds is 4. The van der Waals surface area contributed by atoms with Crippen molar-refractivity contribution in [2.45, 2.75) is 31.9 Å². The van der Waals surface area contributed by atoms with E-state index in [1.807, 2.05) is 6.92 Å². The van der Waals surface area contributed by atoms with Crippen LogP contribution in [0.15, 0.2) is 16.6 Å². The first-order valence-electron chi connectivity index (χ1n) is 5.31. The number of ether oxygens (including phenoxy) is 1. The van der Waals surface area contributed by atoms with Gasteiger partial charge in [-0.1, -0.05) is 6.92 Å². The minimum absolute atomic E-state index is 0.148. The summed E-state index contributed by atoms with van der Waals surface area (Å²) in [7, 11) is 1.48. The van der Waals surface area contributed by atoms with Gasteiger partial charge in [0.05, 0.1) is 16.1 Å². The smallest absolute Gasteiger partial charge is 0.145 e. The Kier molecular flexibility index (Phi) is 4.63. The lowest BCUT2D eigenvalue weighted by Crippen LogP contribution is -2.40. The largest absolute Gasteiger partial charge is 0.377 e. The molecular weight excluding hydrogens is 292 g/mol. The Morgan fingerprint density at radius 2 is 2.06 bits per heavy atom. The number of benzene rings is 1. The molecule has 0 heterocycles. The molecular formula is C12H16BrF2NO. The van der Waals surface area contributed by atoms with Crippen LogP contribution in [0.3, 0.4) is 0 Å². The maximum absolute atomic E-state index is 13.9. The van der Waals surface area contributed by atoms with E-state index >= 15 is 0 Å². The zero-order chi connectivity index (χ0) is 13.2. The van der Waals surface area contributed by atoms with Crippen LogP contribution in [-0.4, -0.2) is 12.7 Å². The van der Waals surface area contributed by atoms with Gasteiger partial charge in [-0.15, -0.1) is 0 Å². The summed E-state index contributed by atoms with van der Waals surface area (Å²) in [5.41, 5.74) is 4.99. The second kappa shape index (κ2) is 5.42. The molecule has 17 heavy (non-hydrogen) atoms. The zero-order valence-corrected chi connectivity index (χ0v) is 11.6. The van der Waals surface area contributed by atoms with Crippen molar-refractivity contribution in [1.29, 1.82) is 0 Å². The molecule has 0 amide bonds. The SMILES string of the molecule is CCC(C)(OC)C(N)c1c(F)ccc(Br)c1F. The monoisotopic (exact) mass is 307 g/mol. The van der Waals surface area contributed by atoms with Crippen LogP contribution in [0.4, 0.5) is 8.78 Å². The second-order valence-electron chi connectivity index (χ2n) is 4.10. The molecule has 0 bridgehead atoms. The van der Waals surface area contributed by atoms with Gasteiger partial charge in [0.25, 0.3) is 0 Å². The van der Waals surface area contributed by atoms with Crippen molar-refractivity contribution in [3.05, 3.63) is 33.8 Å². The molecule has 0 aliphatic rings. The molecule has 0 fully saturated rings. The molecule has 0 aromatic heterocycles. The Labute approximate surface area is 108 Å². The van der Waals surface area contributed by atoms with Crippen LogP contribution in [0.5, 0.6) is 0 Å². The Bertz CT molecular complexity index is 408. The van der Waals surface area contributed by atoms with Crippen molar-refractivity contribution in [2.75, 3.05) is 7.11 Å². The lowest BCUT2D eigenvalue weighted by molar-refractivity contribution is -0.0211. The molecule has 0 aliphatic carbocycles. The van der Waals surface area contributed by atoms with Crippen LogP contribution >= 0.6 is 15.9 Å². The fourth-order valence-electron chi connectivity index (χ4n) is 1.62. The molecule has 0 spiro atoms. The molecule has 96 valence electrons. The van der Waals surface area contributed by atoms with E-state index < -0.39 is 23.3 Å². The van der Waals surface area contributed by atoms with E-state index in [1.54, 1.807) is 6.92 Å². The Morgan fingerprint density at radius 3 is 2.53 bits per heavy atom. The van der Waals surface area contributed by atoms with Crippen molar-refractivity contribution >= 4 is 15.9 Å². The molecule has 5 heteroatoms. The summed E-state index contributed by atoms with van der Waals surface area (Å²) in [6.45, 7) is 3.59. The number of nitrogens with two attached hydrogens (primary N) is 1. The predicted octanol–water partition coefficient (Wildman–Crippen LogP) is 3.54. The highest BCUT2D eigenvalue weighted by Crippen LogP contribution is 2.34. The third-order valence-corrected chi connectivity index (χ3v) is 3.83. The number of methoxy groups -OCH3 is 1. The van der Waals surface area contributed by atoms with Crippen molar-refractivity contribution in [2.24, 2.45) is 5.73 Å². The first-order valence-corrected chi connectivity index (χ1v) is 6.10. The average Bonchev–Trinajstić information content (AvgIpc) is 2.33. The van der Waals surface area contributed by atoms with Gasteiger partial charge in [-0.2, -0.15) is 0 Å². The normalized spacial score (nSPS) is 16.6. The predicted molar refractivity (Wildman–Crippen MR) is 66.7 cm³/mol. The molecule has 2 atom stereocenters. The molecule has 2 unspecified atom stereocenters. The van der Waals surface area contributed by atoms with Crippen molar-refractivity contribution in [3.63, 3.8) is 0 Å². The van der Waals surface area contributed by atoms with Gasteiger partial charge in [0, 0.05) is 12.7 Å². The number of hydrogen-bond acceptors (Lipinski definition) is 2. The highest BCUT2D eigenvalue weighted by molar-refractivity contribution is 9.10. The Hall–Kier alpha value is -0.520. The molecule has 1 aromatic carbocycles. The van der Waals surface area contributed by atoms with E-state index in [9.17, 15) is 8.78 Å². The van der Waals surface area contributed by atoms with Crippen LogP contribution < -0.4 is 5.73 Å². The molecule has 1 rings (SSSR count). The first-order chi connectivity index (χ1) is 7.87. The summed E-state index contributed by atoms with van der Waals surface area (Å²) in [6.07, 6.45) is 0.552.